The van der Waals surface area contributed by atoms with Gasteiger partial charge in [-0.2, -0.15) is 0 Å². The molecule has 0 unspecified atom stereocenters. The number of hydrogen-bond acceptors (Lipinski definition) is 3. The number of carbonyl (C=O) groups is 2. The normalized spacial score (nSPS) is 11.3. The quantitative estimate of drug-likeness (QED) is 0.396. The van der Waals surface area contributed by atoms with Crippen molar-refractivity contribution < 1.29 is 19.4 Å². The molecule has 1 aromatic heterocycles. The van der Waals surface area contributed by atoms with Crippen molar-refractivity contribution in [3.05, 3.63) is 89.5 Å². The first-order valence-electron chi connectivity index (χ1n) is 10.6. The number of aliphatic carboxylic acids is 1. The number of nitrogens with zero attached hydrogens (tertiary/aromatic N) is 1. The van der Waals surface area contributed by atoms with Gasteiger partial charge >= 0.3 is 5.97 Å². The highest BCUT2D eigenvalue weighted by Gasteiger charge is 2.21. The monoisotopic (exact) mass is 438 g/mol. The molecule has 0 atom stereocenters. The van der Waals surface area contributed by atoms with Gasteiger partial charge in [-0.05, 0) is 53.1 Å². The van der Waals surface area contributed by atoms with Crippen LogP contribution in [0.4, 0.5) is 0 Å². The Hall–Kier alpha value is -4.32. The van der Waals surface area contributed by atoms with Gasteiger partial charge in [-0.25, -0.2) is 4.79 Å². The van der Waals surface area contributed by atoms with Gasteiger partial charge in [0.05, 0.1) is 16.4 Å². The van der Waals surface area contributed by atoms with E-state index >= 15 is 0 Å². The molecule has 0 saturated carbocycles. The number of rotatable bonds is 6. The minimum Gasteiger partial charge on any atom is -0.481 e. The highest BCUT2D eigenvalue weighted by Crippen LogP contribution is 2.39. The molecule has 0 aliphatic carbocycles. The van der Waals surface area contributed by atoms with Crippen molar-refractivity contribution in [1.29, 1.82) is 0 Å². The molecule has 3 N–H and O–H groups in total. The smallest absolute Gasteiger partial charge is 0.341 e. The molecule has 4 aromatic carbocycles. The molecule has 0 bridgehead atoms. The zero-order valence-corrected chi connectivity index (χ0v) is 18.0. The largest absolute Gasteiger partial charge is 0.481 e. The van der Waals surface area contributed by atoms with Gasteiger partial charge in [-0.15, -0.1) is 0 Å². The fourth-order valence-corrected chi connectivity index (χ4v) is 4.59. The maximum atomic E-state index is 12.3. The summed E-state index contributed by atoms with van der Waals surface area (Å²) in [6.07, 6.45) is 0. The number of carboxylic acid groups (broad SMARTS) is 1. The second-order valence-electron chi connectivity index (χ2n) is 8.13. The van der Waals surface area contributed by atoms with Crippen molar-refractivity contribution in [2.75, 3.05) is 6.61 Å². The molecule has 164 valence electrons. The van der Waals surface area contributed by atoms with E-state index in [1.165, 1.54) is 0 Å². The first-order chi connectivity index (χ1) is 15.9. The van der Waals surface area contributed by atoms with Crippen LogP contribution in [0.1, 0.15) is 21.5 Å². The van der Waals surface area contributed by atoms with Crippen molar-refractivity contribution >= 4 is 44.5 Å². The van der Waals surface area contributed by atoms with Crippen LogP contribution < -0.4 is 10.5 Å². The molecule has 33 heavy (non-hydrogen) atoms. The summed E-state index contributed by atoms with van der Waals surface area (Å²) in [6.45, 7) is 2.01. The highest BCUT2D eigenvalue weighted by molar-refractivity contribution is 6.20. The Bertz CT molecular complexity index is 1560. The topological polar surface area (TPSA) is 94.6 Å². The highest BCUT2D eigenvalue weighted by atomic mass is 16.5. The van der Waals surface area contributed by atoms with E-state index in [0.29, 0.717) is 28.6 Å². The lowest BCUT2D eigenvalue weighted by Crippen LogP contribution is -2.11. The Labute approximate surface area is 189 Å². The minimum absolute atomic E-state index is 0.373. The minimum atomic E-state index is -1.07. The van der Waals surface area contributed by atoms with Crippen LogP contribution >= 0.6 is 0 Å². The molecule has 0 spiro atoms. The number of benzene rings is 4. The Kier molecular flexibility index (Phi) is 4.98. The molecule has 5 aromatic rings. The molecule has 0 fully saturated rings. The number of carboxylic acids is 1. The lowest BCUT2D eigenvalue weighted by Gasteiger charge is -2.12. The molecule has 6 nitrogen and oxygen atoms in total. The van der Waals surface area contributed by atoms with E-state index < -0.39 is 18.5 Å². The van der Waals surface area contributed by atoms with Crippen LogP contribution in [-0.4, -0.2) is 28.2 Å². The number of fused-ring (bicyclic) bond motifs is 4. The summed E-state index contributed by atoms with van der Waals surface area (Å²) in [7, 11) is 0. The van der Waals surface area contributed by atoms with Crippen molar-refractivity contribution in [3.63, 3.8) is 0 Å². The van der Waals surface area contributed by atoms with E-state index in [1.54, 1.807) is 12.1 Å². The summed E-state index contributed by atoms with van der Waals surface area (Å²) in [6, 6.07) is 23.7. The number of primary amides is 1. The van der Waals surface area contributed by atoms with Crippen LogP contribution in [0.5, 0.6) is 5.75 Å². The summed E-state index contributed by atoms with van der Waals surface area (Å²) in [5.41, 5.74) is 9.84. The average molecular weight is 438 g/mol. The van der Waals surface area contributed by atoms with Crippen LogP contribution in [0.25, 0.3) is 32.6 Å². The predicted molar refractivity (Wildman–Crippen MR) is 129 cm³/mol. The number of aryl methyl sites for hydroxylation is 1. The van der Waals surface area contributed by atoms with Crippen LogP contribution in [-0.2, 0) is 11.3 Å². The number of hydrogen-bond donors (Lipinski definition) is 2. The van der Waals surface area contributed by atoms with E-state index in [2.05, 4.69) is 28.8 Å². The number of aromatic nitrogens is 1. The lowest BCUT2D eigenvalue weighted by molar-refractivity contribution is -0.139. The molecular weight excluding hydrogens is 416 g/mol. The second-order valence-corrected chi connectivity index (χ2v) is 8.13. The molecule has 0 aliphatic heterocycles. The van der Waals surface area contributed by atoms with Gasteiger partial charge in [0, 0.05) is 17.5 Å². The van der Waals surface area contributed by atoms with E-state index in [1.807, 2.05) is 43.3 Å². The molecular formula is C27H22N2O4. The Morgan fingerprint density at radius 3 is 2.48 bits per heavy atom. The molecule has 1 amide bonds. The van der Waals surface area contributed by atoms with Crippen LogP contribution in [0.2, 0.25) is 0 Å². The standard InChI is InChI=1S/C27H22N2O4/c1-16-12-22-26(23(13-16)33-15-24(30)31)25-20(27(28)32)10-5-11-21(25)29(22)14-18-8-4-7-17-6-2-3-9-19(17)18/h2-13H,14-15H2,1H3,(H2,28,32)(H,30,31). The summed E-state index contributed by atoms with van der Waals surface area (Å²) in [5, 5.41) is 12.8. The van der Waals surface area contributed by atoms with Crippen LogP contribution in [0, 0.1) is 6.92 Å². The van der Waals surface area contributed by atoms with Gasteiger partial charge < -0.3 is 20.1 Å². The van der Waals surface area contributed by atoms with Gasteiger partial charge in [0.1, 0.15) is 5.75 Å². The van der Waals surface area contributed by atoms with Crippen molar-refractivity contribution in [1.82, 2.24) is 4.57 Å². The molecule has 5 rings (SSSR count). The van der Waals surface area contributed by atoms with Crippen LogP contribution in [0.3, 0.4) is 0 Å². The third-order valence-corrected chi connectivity index (χ3v) is 5.92. The van der Waals surface area contributed by atoms with E-state index in [0.717, 1.165) is 32.9 Å². The summed E-state index contributed by atoms with van der Waals surface area (Å²) >= 11 is 0. The molecule has 0 aliphatic rings. The third kappa shape index (κ3) is 3.55. The average Bonchev–Trinajstić information content (AvgIpc) is 3.11. The second kappa shape index (κ2) is 7.98. The van der Waals surface area contributed by atoms with Gasteiger partial charge in [0.25, 0.3) is 0 Å². The molecule has 0 saturated heterocycles. The Morgan fingerprint density at radius 2 is 1.70 bits per heavy atom. The Balaban J connectivity index is 1.83. The molecule has 6 heteroatoms. The summed E-state index contributed by atoms with van der Waals surface area (Å²) in [4.78, 5) is 23.5. The zero-order chi connectivity index (χ0) is 23.1. The van der Waals surface area contributed by atoms with Crippen molar-refractivity contribution in [3.8, 4) is 5.75 Å². The Morgan fingerprint density at radius 1 is 0.939 bits per heavy atom. The predicted octanol–water partition coefficient (Wildman–Crippen LogP) is 4.87. The van der Waals surface area contributed by atoms with E-state index in [-0.39, 0.29) is 0 Å². The van der Waals surface area contributed by atoms with Gasteiger partial charge in [-0.3, -0.25) is 4.79 Å². The van der Waals surface area contributed by atoms with Gasteiger partial charge in [0.2, 0.25) is 5.91 Å². The van der Waals surface area contributed by atoms with Gasteiger partial charge in [0.15, 0.2) is 6.61 Å². The number of ether oxygens (including phenoxy) is 1. The third-order valence-electron chi connectivity index (χ3n) is 5.92. The molecule has 0 radical (unpaired) electrons. The maximum Gasteiger partial charge on any atom is 0.341 e. The SMILES string of the molecule is Cc1cc(OCC(=O)O)c2c3c(C(N)=O)cccc3n(Cc3cccc4ccccc34)c2c1. The lowest BCUT2D eigenvalue weighted by atomic mass is 10.0. The first kappa shape index (κ1) is 20.6. The summed E-state index contributed by atoms with van der Waals surface area (Å²) in [5.74, 6) is -1.20. The van der Waals surface area contributed by atoms with E-state index in [9.17, 15) is 9.59 Å². The fourth-order valence-electron chi connectivity index (χ4n) is 4.59. The zero-order valence-electron chi connectivity index (χ0n) is 18.0. The summed E-state index contributed by atoms with van der Waals surface area (Å²) < 4.78 is 7.81. The fraction of sp³-hybridized carbons (Fsp3) is 0.111. The maximum absolute atomic E-state index is 12.3. The van der Waals surface area contributed by atoms with E-state index in [4.69, 9.17) is 15.6 Å². The van der Waals surface area contributed by atoms with Gasteiger partial charge in [-0.1, -0.05) is 48.5 Å². The van der Waals surface area contributed by atoms with Crippen LogP contribution in [0.15, 0.2) is 72.8 Å². The number of nitrogens with two attached hydrogens (primary N) is 1. The van der Waals surface area contributed by atoms with Crippen molar-refractivity contribution in [2.24, 2.45) is 5.73 Å². The molecule has 1 heterocycles. The first-order valence-corrected chi connectivity index (χ1v) is 10.6. The number of amides is 1. The number of carbonyl (C=O) groups excluding carboxylic acids is 1. The van der Waals surface area contributed by atoms with Crippen molar-refractivity contribution in [2.45, 2.75) is 13.5 Å².